The van der Waals surface area contributed by atoms with E-state index in [0.29, 0.717) is 12.2 Å². The van der Waals surface area contributed by atoms with Crippen LogP contribution in [0.5, 0.6) is 0 Å². The highest BCUT2D eigenvalue weighted by Crippen LogP contribution is 2.42. The van der Waals surface area contributed by atoms with E-state index in [4.69, 9.17) is 4.74 Å². The lowest BCUT2D eigenvalue weighted by Gasteiger charge is -2.32. The molecule has 3 aromatic carbocycles. The van der Waals surface area contributed by atoms with Crippen LogP contribution in [-0.4, -0.2) is 12.6 Å². The lowest BCUT2D eigenvalue weighted by atomic mass is 9.71. The Hall–Kier alpha value is -3.57. The molecule has 160 valence electrons. The van der Waals surface area contributed by atoms with Crippen LogP contribution in [0.25, 0.3) is 5.57 Å². The molecule has 1 aliphatic carbocycles. The quantitative estimate of drug-likeness (QED) is 0.349. The Morgan fingerprint density at radius 1 is 0.938 bits per heavy atom. The number of ether oxygens (including phenoxy) is 1. The van der Waals surface area contributed by atoms with Gasteiger partial charge >= 0.3 is 5.97 Å². The van der Waals surface area contributed by atoms with Crippen molar-refractivity contribution in [2.45, 2.75) is 39.5 Å². The molecule has 0 saturated heterocycles. The lowest BCUT2D eigenvalue weighted by Crippen LogP contribution is -2.22. The third-order valence-corrected chi connectivity index (χ3v) is 6.04. The predicted octanol–water partition coefficient (Wildman–Crippen LogP) is 6.68. The maximum Gasteiger partial charge on any atom is 0.338 e. The molecule has 0 bridgehead atoms. The second-order valence-corrected chi connectivity index (χ2v) is 8.83. The molecule has 2 heteroatoms. The van der Waals surface area contributed by atoms with Gasteiger partial charge in [0.05, 0.1) is 12.2 Å². The van der Waals surface area contributed by atoms with Gasteiger partial charge in [0, 0.05) is 11.1 Å². The highest BCUT2D eigenvalue weighted by molar-refractivity contribution is 5.89. The number of rotatable bonds is 3. The van der Waals surface area contributed by atoms with Crippen LogP contribution in [0, 0.1) is 18.8 Å². The summed E-state index contributed by atoms with van der Waals surface area (Å²) in [5.74, 6) is 6.23. The van der Waals surface area contributed by atoms with E-state index in [-0.39, 0.29) is 11.4 Å². The molecule has 3 aromatic rings. The molecule has 2 nitrogen and oxygen atoms in total. The van der Waals surface area contributed by atoms with Crippen LogP contribution in [-0.2, 0) is 10.2 Å². The average Bonchev–Trinajstić information content (AvgIpc) is 2.79. The van der Waals surface area contributed by atoms with Crippen LogP contribution in [0.2, 0.25) is 0 Å². The second kappa shape index (κ2) is 8.89. The highest BCUT2D eigenvalue weighted by atomic mass is 16.5. The van der Waals surface area contributed by atoms with Crippen molar-refractivity contribution in [3.8, 4) is 11.8 Å². The molecule has 0 unspecified atom stereocenters. The molecule has 0 N–H and O–H groups in total. The van der Waals surface area contributed by atoms with Crippen molar-refractivity contribution in [3.63, 3.8) is 0 Å². The number of aryl methyl sites for hydroxylation is 1. The van der Waals surface area contributed by atoms with Crippen LogP contribution in [0.1, 0.15) is 70.9 Å². The minimum atomic E-state index is -0.306. The highest BCUT2D eigenvalue weighted by Gasteiger charge is 2.28. The van der Waals surface area contributed by atoms with Gasteiger partial charge in [0.15, 0.2) is 0 Å². The molecular weight excluding hydrogens is 392 g/mol. The van der Waals surface area contributed by atoms with E-state index >= 15 is 0 Å². The fraction of sp³-hybridized carbons (Fsp3) is 0.233. The molecule has 0 atom stereocenters. The van der Waals surface area contributed by atoms with Crippen LogP contribution in [0.4, 0.5) is 0 Å². The molecule has 0 saturated carbocycles. The molecule has 0 radical (unpaired) electrons. The Morgan fingerprint density at radius 3 is 2.34 bits per heavy atom. The normalized spacial score (nSPS) is 13.9. The van der Waals surface area contributed by atoms with Gasteiger partial charge in [0.25, 0.3) is 0 Å². The van der Waals surface area contributed by atoms with Crippen LogP contribution >= 0.6 is 0 Å². The minimum Gasteiger partial charge on any atom is -0.462 e. The number of hydrogen-bond acceptors (Lipinski definition) is 2. The van der Waals surface area contributed by atoms with Crippen LogP contribution < -0.4 is 0 Å². The van der Waals surface area contributed by atoms with Crippen molar-refractivity contribution in [2.75, 3.05) is 6.61 Å². The first-order valence-corrected chi connectivity index (χ1v) is 11.1. The van der Waals surface area contributed by atoms with E-state index in [2.05, 4.69) is 81.2 Å². The van der Waals surface area contributed by atoms with E-state index in [9.17, 15) is 4.79 Å². The monoisotopic (exact) mass is 420 g/mol. The van der Waals surface area contributed by atoms with Gasteiger partial charge in [-0.3, -0.25) is 0 Å². The summed E-state index contributed by atoms with van der Waals surface area (Å²) in [7, 11) is 0. The Morgan fingerprint density at radius 2 is 1.62 bits per heavy atom. The summed E-state index contributed by atoms with van der Waals surface area (Å²) < 4.78 is 5.04. The molecule has 0 amide bonds. The number of hydrogen-bond donors (Lipinski definition) is 0. The fourth-order valence-electron chi connectivity index (χ4n) is 4.19. The summed E-state index contributed by atoms with van der Waals surface area (Å²) in [6.07, 6.45) is 3.39. The van der Waals surface area contributed by atoms with Gasteiger partial charge in [-0.2, -0.15) is 0 Å². The molecule has 0 aromatic heterocycles. The average molecular weight is 421 g/mol. The summed E-state index contributed by atoms with van der Waals surface area (Å²) in [6.45, 7) is 8.94. The standard InChI is InChI=1S/C30H28O2/c1-5-32-29(31)24-15-12-22(13-16-24)10-11-23-14-17-28-27(20-23)26(18-19-30(28,3)4)25-9-7-6-8-21(25)2/h6-9,12-18,20H,5,19H2,1-4H3. The van der Waals surface area contributed by atoms with Gasteiger partial charge < -0.3 is 4.74 Å². The first-order valence-electron chi connectivity index (χ1n) is 11.1. The van der Waals surface area contributed by atoms with Crippen molar-refractivity contribution in [2.24, 2.45) is 0 Å². The number of fused-ring (bicyclic) bond motifs is 1. The van der Waals surface area contributed by atoms with Gasteiger partial charge in [-0.25, -0.2) is 4.79 Å². The number of benzene rings is 3. The van der Waals surface area contributed by atoms with Crippen molar-refractivity contribution in [3.05, 3.63) is 112 Å². The van der Waals surface area contributed by atoms with Crippen molar-refractivity contribution >= 4 is 11.5 Å². The van der Waals surface area contributed by atoms with E-state index in [1.165, 1.54) is 27.8 Å². The summed E-state index contributed by atoms with van der Waals surface area (Å²) in [6, 6.07) is 22.4. The molecule has 0 heterocycles. The molecule has 4 rings (SSSR count). The maximum absolute atomic E-state index is 11.8. The predicted molar refractivity (Wildman–Crippen MR) is 131 cm³/mol. The molecule has 0 fully saturated rings. The lowest BCUT2D eigenvalue weighted by molar-refractivity contribution is 0.0526. The molecule has 0 spiro atoms. The second-order valence-electron chi connectivity index (χ2n) is 8.83. The van der Waals surface area contributed by atoms with E-state index < -0.39 is 0 Å². The van der Waals surface area contributed by atoms with Crippen molar-refractivity contribution in [1.82, 2.24) is 0 Å². The van der Waals surface area contributed by atoms with Gasteiger partial charge in [0.2, 0.25) is 0 Å². The smallest absolute Gasteiger partial charge is 0.338 e. The van der Waals surface area contributed by atoms with Gasteiger partial charge in [-0.15, -0.1) is 0 Å². The zero-order valence-electron chi connectivity index (χ0n) is 19.2. The summed E-state index contributed by atoms with van der Waals surface area (Å²) >= 11 is 0. The minimum absolute atomic E-state index is 0.0937. The molecular formula is C30H28O2. The number of carbonyl (C=O) groups excluding carboxylic acids is 1. The first kappa shape index (κ1) is 21.7. The van der Waals surface area contributed by atoms with Gasteiger partial charge in [-0.05, 0) is 89.9 Å². The zero-order chi connectivity index (χ0) is 22.7. The van der Waals surface area contributed by atoms with Gasteiger partial charge in [0.1, 0.15) is 0 Å². The van der Waals surface area contributed by atoms with Crippen molar-refractivity contribution in [1.29, 1.82) is 0 Å². The largest absolute Gasteiger partial charge is 0.462 e. The summed E-state index contributed by atoms with van der Waals surface area (Å²) in [4.78, 5) is 11.8. The fourth-order valence-corrected chi connectivity index (χ4v) is 4.19. The SMILES string of the molecule is CCOC(=O)c1ccc(C#Cc2ccc3c(c2)C(c2ccccc2C)=CCC3(C)C)cc1. The number of esters is 1. The Labute approximate surface area is 191 Å². The van der Waals surface area contributed by atoms with E-state index in [1.807, 2.05) is 12.1 Å². The Bertz CT molecular complexity index is 1250. The topological polar surface area (TPSA) is 26.3 Å². The van der Waals surface area contributed by atoms with E-state index in [0.717, 1.165) is 17.5 Å². The van der Waals surface area contributed by atoms with Crippen LogP contribution in [0.15, 0.2) is 72.8 Å². The van der Waals surface area contributed by atoms with Gasteiger partial charge in [-0.1, -0.05) is 62.1 Å². The number of allylic oxidation sites excluding steroid dienone is 1. The van der Waals surface area contributed by atoms with Crippen molar-refractivity contribution < 1.29 is 9.53 Å². The maximum atomic E-state index is 11.8. The Balaban J connectivity index is 1.68. The molecule has 1 aliphatic rings. The molecule has 32 heavy (non-hydrogen) atoms. The third-order valence-electron chi connectivity index (χ3n) is 6.04. The summed E-state index contributed by atoms with van der Waals surface area (Å²) in [5.41, 5.74) is 8.97. The van der Waals surface area contributed by atoms with Crippen LogP contribution in [0.3, 0.4) is 0 Å². The first-order chi connectivity index (χ1) is 15.4. The Kier molecular flexibility index (Phi) is 6.01. The zero-order valence-corrected chi connectivity index (χ0v) is 19.2. The molecule has 0 aliphatic heterocycles. The summed E-state index contributed by atoms with van der Waals surface area (Å²) in [5, 5.41) is 0. The van der Waals surface area contributed by atoms with E-state index in [1.54, 1.807) is 19.1 Å². The number of carbonyl (C=O) groups is 1. The third kappa shape index (κ3) is 4.39.